The van der Waals surface area contributed by atoms with E-state index in [1.54, 1.807) is 24.3 Å². The minimum atomic E-state index is -4.45. The topological polar surface area (TPSA) is 47.6 Å². The lowest BCUT2D eigenvalue weighted by Crippen LogP contribution is -2.22. The number of alkyl halides is 3. The van der Waals surface area contributed by atoms with Crippen LogP contribution in [0.15, 0.2) is 48.5 Å². The van der Waals surface area contributed by atoms with Crippen LogP contribution in [0.1, 0.15) is 5.56 Å². The number of para-hydroxylation sites is 2. The van der Waals surface area contributed by atoms with Crippen molar-refractivity contribution in [2.24, 2.45) is 0 Å². The van der Waals surface area contributed by atoms with Gasteiger partial charge in [-0.1, -0.05) is 24.3 Å². The first-order chi connectivity index (χ1) is 11.3. The van der Waals surface area contributed by atoms with E-state index in [9.17, 15) is 18.0 Å². The van der Waals surface area contributed by atoms with Crippen molar-refractivity contribution in [2.45, 2.75) is 13.1 Å². The van der Waals surface area contributed by atoms with Crippen molar-refractivity contribution in [3.63, 3.8) is 0 Å². The Balaban J connectivity index is 1.94. The van der Waals surface area contributed by atoms with Crippen LogP contribution in [0.25, 0.3) is 0 Å². The molecule has 128 valence electrons. The summed E-state index contributed by atoms with van der Waals surface area (Å²) >= 11 is 0. The lowest BCUT2D eigenvalue weighted by Gasteiger charge is -2.14. The van der Waals surface area contributed by atoms with Crippen molar-refractivity contribution in [1.82, 2.24) is 0 Å². The molecule has 24 heavy (non-hydrogen) atoms. The fraction of sp³-hybridized carbons (Fsp3) is 0.235. The highest BCUT2D eigenvalue weighted by molar-refractivity contribution is 5.93. The summed E-state index contributed by atoms with van der Waals surface area (Å²) in [4.78, 5) is 11.9. The third-order valence-corrected chi connectivity index (χ3v) is 2.91. The smallest absolute Gasteiger partial charge is 0.422 e. The van der Waals surface area contributed by atoms with E-state index in [0.717, 1.165) is 5.56 Å². The number of hydrogen-bond acceptors (Lipinski definition) is 3. The zero-order valence-corrected chi connectivity index (χ0v) is 12.9. The van der Waals surface area contributed by atoms with Gasteiger partial charge in [0.1, 0.15) is 11.5 Å². The van der Waals surface area contributed by atoms with Crippen molar-refractivity contribution >= 4 is 11.6 Å². The fourth-order valence-corrected chi connectivity index (χ4v) is 1.90. The molecule has 4 nitrogen and oxygen atoms in total. The van der Waals surface area contributed by atoms with Crippen molar-refractivity contribution < 1.29 is 27.4 Å². The second kappa shape index (κ2) is 7.72. The maximum absolute atomic E-state index is 12.2. The van der Waals surface area contributed by atoms with E-state index in [1.807, 2.05) is 13.0 Å². The summed E-state index contributed by atoms with van der Waals surface area (Å²) in [5, 5.41) is 2.48. The molecule has 0 saturated heterocycles. The maximum Gasteiger partial charge on any atom is 0.422 e. The average molecular weight is 339 g/mol. The number of rotatable bonds is 6. The first-order valence-electron chi connectivity index (χ1n) is 7.11. The van der Waals surface area contributed by atoms with Gasteiger partial charge in [0.15, 0.2) is 13.2 Å². The van der Waals surface area contributed by atoms with Crippen molar-refractivity contribution in [3.8, 4) is 11.5 Å². The summed E-state index contributed by atoms with van der Waals surface area (Å²) < 4.78 is 46.8. The van der Waals surface area contributed by atoms with Crippen LogP contribution in [0.4, 0.5) is 18.9 Å². The van der Waals surface area contributed by atoms with Gasteiger partial charge in [-0.3, -0.25) is 4.79 Å². The predicted octanol–water partition coefficient (Wildman–Crippen LogP) is 3.95. The Morgan fingerprint density at radius 2 is 1.83 bits per heavy atom. The molecule has 7 heteroatoms. The molecule has 2 aromatic carbocycles. The van der Waals surface area contributed by atoms with E-state index in [2.05, 4.69) is 5.32 Å². The molecule has 2 aromatic rings. The lowest BCUT2D eigenvalue weighted by atomic mass is 10.2. The quantitative estimate of drug-likeness (QED) is 0.867. The van der Waals surface area contributed by atoms with Crippen LogP contribution in [-0.2, 0) is 4.79 Å². The second-order valence-electron chi connectivity index (χ2n) is 5.05. The Morgan fingerprint density at radius 3 is 2.54 bits per heavy atom. The number of carbonyl (C=O) groups excluding carboxylic acids is 1. The molecule has 0 saturated carbocycles. The van der Waals surface area contributed by atoms with Gasteiger partial charge in [0, 0.05) is 0 Å². The number of ether oxygens (including phenoxy) is 2. The van der Waals surface area contributed by atoms with Crippen molar-refractivity contribution in [1.29, 1.82) is 0 Å². The van der Waals surface area contributed by atoms with Gasteiger partial charge in [0.05, 0.1) is 5.69 Å². The minimum absolute atomic E-state index is 0.0567. The molecule has 0 aliphatic carbocycles. The fourth-order valence-electron chi connectivity index (χ4n) is 1.90. The molecule has 0 unspecified atom stereocenters. The zero-order chi connectivity index (χ0) is 17.6. The number of benzene rings is 2. The monoisotopic (exact) mass is 339 g/mol. The van der Waals surface area contributed by atoms with Gasteiger partial charge >= 0.3 is 6.18 Å². The van der Waals surface area contributed by atoms with Gasteiger partial charge in [0.2, 0.25) is 0 Å². The van der Waals surface area contributed by atoms with E-state index >= 15 is 0 Å². The third kappa shape index (κ3) is 5.83. The van der Waals surface area contributed by atoms with Gasteiger partial charge < -0.3 is 14.8 Å². The Kier molecular flexibility index (Phi) is 5.68. The summed E-state index contributed by atoms with van der Waals surface area (Å²) in [6.45, 7) is 0.192. The first kappa shape index (κ1) is 17.7. The number of amides is 1. The van der Waals surface area contributed by atoms with Crippen LogP contribution in [0.3, 0.4) is 0 Å². The molecule has 0 spiro atoms. The van der Waals surface area contributed by atoms with E-state index in [1.165, 1.54) is 18.2 Å². The van der Waals surface area contributed by atoms with E-state index in [0.29, 0.717) is 5.75 Å². The molecular formula is C17H16F3NO3. The van der Waals surface area contributed by atoms with Crippen molar-refractivity contribution in [3.05, 3.63) is 54.1 Å². The molecule has 1 N–H and O–H groups in total. The zero-order valence-electron chi connectivity index (χ0n) is 12.9. The number of aryl methyl sites for hydroxylation is 1. The molecule has 0 aliphatic rings. The maximum atomic E-state index is 12.2. The van der Waals surface area contributed by atoms with Crippen LogP contribution in [-0.4, -0.2) is 25.3 Å². The minimum Gasteiger partial charge on any atom is -0.484 e. The molecule has 0 fully saturated rings. The number of hydrogen-bond donors (Lipinski definition) is 1. The van der Waals surface area contributed by atoms with Crippen LogP contribution in [0.5, 0.6) is 11.5 Å². The molecule has 0 aliphatic heterocycles. The van der Waals surface area contributed by atoms with Crippen LogP contribution in [0, 0.1) is 6.92 Å². The van der Waals surface area contributed by atoms with Crippen molar-refractivity contribution in [2.75, 3.05) is 18.5 Å². The highest BCUT2D eigenvalue weighted by atomic mass is 19.4. The van der Waals surface area contributed by atoms with Crippen LogP contribution >= 0.6 is 0 Å². The molecule has 0 atom stereocenters. The van der Waals surface area contributed by atoms with Gasteiger partial charge in [-0.15, -0.1) is 0 Å². The molecule has 0 heterocycles. The first-order valence-corrected chi connectivity index (χ1v) is 7.11. The number of nitrogens with one attached hydrogen (secondary N) is 1. The van der Waals surface area contributed by atoms with E-state index < -0.39 is 18.7 Å². The lowest BCUT2D eigenvalue weighted by molar-refractivity contribution is -0.153. The molecular weight excluding hydrogens is 323 g/mol. The van der Waals surface area contributed by atoms with Crippen LogP contribution in [0.2, 0.25) is 0 Å². The summed E-state index contributed by atoms with van der Waals surface area (Å²) in [6, 6.07) is 13.1. The highest BCUT2D eigenvalue weighted by Gasteiger charge is 2.28. The molecule has 0 bridgehead atoms. The average Bonchev–Trinajstić information content (AvgIpc) is 2.51. The third-order valence-electron chi connectivity index (χ3n) is 2.91. The standard InChI is InChI=1S/C17H16F3NO3/c1-12-5-4-6-13(9-12)23-10-16(22)21-14-7-2-3-8-15(14)24-11-17(18,19)20/h2-9H,10-11H2,1H3,(H,21,22). The molecule has 0 radical (unpaired) electrons. The Bertz CT molecular complexity index is 701. The van der Waals surface area contributed by atoms with Gasteiger partial charge in [-0.2, -0.15) is 13.2 Å². The normalized spacial score (nSPS) is 11.0. The Morgan fingerprint density at radius 1 is 1.08 bits per heavy atom. The van der Waals surface area contributed by atoms with Crippen LogP contribution < -0.4 is 14.8 Å². The SMILES string of the molecule is Cc1cccc(OCC(=O)Nc2ccccc2OCC(F)(F)F)c1. The predicted molar refractivity (Wildman–Crippen MR) is 83.3 cm³/mol. The summed E-state index contributed by atoms with van der Waals surface area (Å²) in [5.74, 6) is -0.0231. The van der Waals surface area contributed by atoms with Gasteiger partial charge in [-0.05, 0) is 36.8 Å². The summed E-state index contributed by atoms with van der Waals surface area (Å²) in [5.41, 5.74) is 1.14. The van der Waals surface area contributed by atoms with E-state index in [4.69, 9.17) is 9.47 Å². The van der Waals surface area contributed by atoms with E-state index in [-0.39, 0.29) is 18.0 Å². The molecule has 0 aromatic heterocycles. The highest BCUT2D eigenvalue weighted by Crippen LogP contribution is 2.26. The molecule has 1 amide bonds. The molecule has 2 rings (SSSR count). The second-order valence-corrected chi connectivity index (χ2v) is 5.05. The Labute approximate surface area is 137 Å². The largest absolute Gasteiger partial charge is 0.484 e. The summed E-state index contributed by atoms with van der Waals surface area (Å²) in [7, 11) is 0. The van der Waals surface area contributed by atoms with Gasteiger partial charge in [-0.25, -0.2) is 0 Å². The van der Waals surface area contributed by atoms with Gasteiger partial charge in [0.25, 0.3) is 5.91 Å². The number of anilines is 1. The number of halogens is 3. The number of carbonyl (C=O) groups is 1. The summed E-state index contributed by atoms with van der Waals surface area (Å²) in [6.07, 6.45) is -4.45. The Hall–Kier alpha value is -2.70.